The Hall–Kier alpha value is -3.79. The van der Waals surface area contributed by atoms with Gasteiger partial charge in [0.15, 0.2) is 6.10 Å². The van der Waals surface area contributed by atoms with Gasteiger partial charge in [0.05, 0.1) is 27.7 Å². The van der Waals surface area contributed by atoms with Crippen LogP contribution in [0.15, 0.2) is 42.5 Å². The van der Waals surface area contributed by atoms with Gasteiger partial charge in [-0.05, 0) is 30.7 Å². The largest absolute Gasteiger partial charge is 0.449 e. The lowest BCUT2D eigenvalue weighted by Gasteiger charge is -2.15. The molecular formula is C21H18ClN3O7. The van der Waals surface area contributed by atoms with Crippen LogP contribution in [0.25, 0.3) is 0 Å². The molecule has 0 bridgehead atoms. The normalized spacial score (nSPS) is 14.2. The first-order valence-corrected chi connectivity index (χ1v) is 9.91. The lowest BCUT2D eigenvalue weighted by atomic mass is 10.1. The van der Waals surface area contributed by atoms with E-state index < -0.39 is 22.9 Å². The van der Waals surface area contributed by atoms with Crippen LogP contribution < -0.4 is 5.32 Å². The molecule has 166 valence electrons. The summed E-state index contributed by atoms with van der Waals surface area (Å²) in [6, 6.07) is 9.67. The van der Waals surface area contributed by atoms with E-state index in [1.165, 1.54) is 36.1 Å². The number of benzene rings is 2. The third-order valence-corrected chi connectivity index (χ3v) is 5.09. The summed E-state index contributed by atoms with van der Waals surface area (Å²) in [5, 5.41) is 13.4. The number of nitro groups is 1. The highest BCUT2D eigenvalue weighted by atomic mass is 35.5. The molecule has 2 aromatic carbocycles. The van der Waals surface area contributed by atoms with Gasteiger partial charge in [-0.2, -0.15) is 0 Å². The van der Waals surface area contributed by atoms with Gasteiger partial charge in [0.1, 0.15) is 0 Å². The van der Waals surface area contributed by atoms with E-state index in [-0.39, 0.29) is 53.2 Å². The van der Waals surface area contributed by atoms with Crippen molar-refractivity contribution in [1.29, 1.82) is 0 Å². The van der Waals surface area contributed by atoms with Crippen LogP contribution in [0.2, 0.25) is 5.02 Å². The maximum absolute atomic E-state index is 12.3. The second kappa shape index (κ2) is 9.56. The van der Waals surface area contributed by atoms with Gasteiger partial charge in [0.2, 0.25) is 11.8 Å². The number of amides is 3. The molecule has 11 heteroatoms. The van der Waals surface area contributed by atoms with Gasteiger partial charge in [-0.25, -0.2) is 4.79 Å². The zero-order chi connectivity index (χ0) is 23.4. The molecule has 1 saturated heterocycles. The van der Waals surface area contributed by atoms with Crippen molar-refractivity contribution >= 4 is 46.7 Å². The van der Waals surface area contributed by atoms with Crippen LogP contribution >= 0.6 is 11.6 Å². The summed E-state index contributed by atoms with van der Waals surface area (Å²) < 4.78 is 5.15. The molecule has 1 unspecified atom stereocenters. The number of imide groups is 1. The third-order valence-electron chi connectivity index (χ3n) is 4.76. The zero-order valence-corrected chi connectivity index (χ0v) is 17.6. The molecule has 3 amide bonds. The summed E-state index contributed by atoms with van der Waals surface area (Å²) in [6.45, 7) is 1.47. The smallest absolute Gasteiger partial charge is 0.338 e. The van der Waals surface area contributed by atoms with Gasteiger partial charge in [0, 0.05) is 25.0 Å². The Labute approximate surface area is 187 Å². The number of carbonyl (C=O) groups excluding carboxylic acids is 4. The summed E-state index contributed by atoms with van der Waals surface area (Å²) in [6.07, 6.45) is -0.813. The molecule has 0 aromatic heterocycles. The monoisotopic (exact) mass is 459 g/mol. The van der Waals surface area contributed by atoms with Crippen LogP contribution in [0.1, 0.15) is 35.7 Å². The second-order valence-electron chi connectivity index (χ2n) is 7.03. The van der Waals surface area contributed by atoms with Crippen molar-refractivity contribution in [1.82, 2.24) is 4.90 Å². The Morgan fingerprint density at radius 1 is 1.16 bits per heavy atom. The number of ether oxygens (including phenoxy) is 1. The Morgan fingerprint density at radius 3 is 2.38 bits per heavy atom. The maximum atomic E-state index is 12.3. The van der Waals surface area contributed by atoms with Crippen LogP contribution in [0.4, 0.5) is 11.4 Å². The molecule has 2 aromatic rings. The maximum Gasteiger partial charge on any atom is 0.338 e. The Bertz CT molecular complexity index is 1090. The number of nitrogens with zero attached hydrogens (tertiary/aromatic N) is 2. The SMILES string of the molecule is CC(OC(=O)c1ccc(CN2C(=O)CCC2=O)cc1)C(=O)Nc1cc([N+](=O)[O-])ccc1Cl. The lowest BCUT2D eigenvalue weighted by molar-refractivity contribution is -0.384. The van der Waals surface area contributed by atoms with Gasteiger partial charge in [-0.3, -0.25) is 29.4 Å². The molecule has 1 N–H and O–H groups in total. The first-order valence-electron chi connectivity index (χ1n) is 9.53. The Balaban J connectivity index is 1.60. The predicted octanol–water partition coefficient (Wildman–Crippen LogP) is 3.08. The van der Waals surface area contributed by atoms with Gasteiger partial charge in [0.25, 0.3) is 11.6 Å². The molecule has 1 heterocycles. The fourth-order valence-electron chi connectivity index (χ4n) is 2.97. The summed E-state index contributed by atoms with van der Waals surface area (Å²) in [5.41, 5.74) is 0.591. The average molecular weight is 460 g/mol. The van der Waals surface area contributed by atoms with Crippen molar-refractivity contribution < 1.29 is 28.8 Å². The molecule has 1 fully saturated rings. The highest BCUT2D eigenvalue weighted by Gasteiger charge is 2.28. The number of halogens is 1. The van der Waals surface area contributed by atoms with Crippen LogP contribution in [0, 0.1) is 10.1 Å². The standard InChI is InChI=1S/C21H18ClN3O7/c1-12(20(28)23-17-10-15(25(30)31)6-7-16(17)22)32-21(29)14-4-2-13(3-5-14)11-24-18(26)8-9-19(24)27/h2-7,10,12H,8-9,11H2,1H3,(H,23,28). The number of hydrogen-bond donors (Lipinski definition) is 1. The zero-order valence-electron chi connectivity index (χ0n) is 16.9. The fourth-order valence-corrected chi connectivity index (χ4v) is 3.13. The van der Waals surface area contributed by atoms with E-state index in [0.29, 0.717) is 5.56 Å². The number of rotatable bonds is 7. The Kier molecular flexibility index (Phi) is 6.84. The van der Waals surface area contributed by atoms with E-state index >= 15 is 0 Å². The molecule has 32 heavy (non-hydrogen) atoms. The van der Waals surface area contributed by atoms with Crippen LogP contribution in [0.3, 0.4) is 0 Å². The number of anilines is 1. The first kappa shape index (κ1) is 22.9. The molecule has 1 aliphatic heterocycles. The van der Waals surface area contributed by atoms with Crippen molar-refractivity contribution in [3.63, 3.8) is 0 Å². The van der Waals surface area contributed by atoms with Gasteiger partial charge in [-0.15, -0.1) is 0 Å². The van der Waals surface area contributed by atoms with Crippen molar-refractivity contribution in [2.75, 3.05) is 5.32 Å². The minimum absolute atomic E-state index is 0.0177. The number of nitrogens with one attached hydrogen (secondary N) is 1. The average Bonchev–Trinajstić information content (AvgIpc) is 3.07. The minimum Gasteiger partial charge on any atom is -0.449 e. The number of non-ortho nitro benzene ring substituents is 1. The van der Waals surface area contributed by atoms with E-state index in [4.69, 9.17) is 16.3 Å². The lowest BCUT2D eigenvalue weighted by Crippen LogP contribution is -2.30. The highest BCUT2D eigenvalue weighted by Crippen LogP contribution is 2.27. The van der Waals surface area contributed by atoms with Crippen molar-refractivity contribution in [3.8, 4) is 0 Å². The van der Waals surface area contributed by atoms with Crippen LogP contribution in [-0.2, 0) is 25.7 Å². The summed E-state index contributed by atoms with van der Waals surface area (Å²) in [5.74, 6) is -1.95. The second-order valence-corrected chi connectivity index (χ2v) is 7.44. The van der Waals surface area contributed by atoms with Crippen molar-refractivity contribution in [2.45, 2.75) is 32.4 Å². The van der Waals surface area contributed by atoms with Crippen LogP contribution in [0.5, 0.6) is 0 Å². The van der Waals surface area contributed by atoms with E-state index in [0.717, 1.165) is 6.07 Å². The topological polar surface area (TPSA) is 136 Å². The van der Waals surface area contributed by atoms with Gasteiger partial charge < -0.3 is 10.1 Å². The van der Waals surface area contributed by atoms with E-state index in [9.17, 15) is 29.3 Å². The molecule has 0 saturated carbocycles. The number of hydrogen-bond acceptors (Lipinski definition) is 7. The third kappa shape index (κ3) is 5.27. The molecule has 3 rings (SSSR count). The quantitative estimate of drug-likeness (QED) is 0.291. The van der Waals surface area contributed by atoms with E-state index in [1.807, 2.05) is 0 Å². The van der Waals surface area contributed by atoms with E-state index in [1.54, 1.807) is 12.1 Å². The molecule has 0 radical (unpaired) electrons. The van der Waals surface area contributed by atoms with Crippen molar-refractivity contribution in [2.24, 2.45) is 0 Å². The number of nitro benzene ring substituents is 1. The van der Waals surface area contributed by atoms with E-state index in [2.05, 4.69) is 5.32 Å². The fraction of sp³-hybridized carbons (Fsp3) is 0.238. The predicted molar refractivity (Wildman–Crippen MR) is 113 cm³/mol. The highest BCUT2D eigenvalue weighted by molar-refractivity contribution is 6.33. The molecule has 0 aliphatic carbocycles. The van der Waals surface area contributed by atoms with Crippen LogP contribution in [-0.4, -0.2) is 39.6 Å². The molecule has 1 aliphatic rings. The van der Waals surface area contributed by atoms with Gasteiger partial charge >= 0.3 is 5.97 Å². The summed E-state index contributed by atoms with van der Waals surface area (Å²) >= 11 is 5.95. The summed E-state index contributed by atoms with van der Waals surface area (Å²) in [7, 11) is 0. The molecule has 0 spiro atoms. The molecule has 10 nitrogen and oxygen atoms in total. The Morgan fingerprint density at radius 2 is 1.78 bits per heavy atom. The summed E-state index contributed by atoms with van der Waals surface area (Å²) in [4.78, 5) is 59.5. The molecular weight excluding hydrogens is 442 g/mol. The number of carbonyl (C=O) groups is 4. The first-order chi connectivity index (χ1) is 15.2. The van der Waals surface area contributed by atoms with Gasteiger partial charge in [-0.1, -0.05) is 23.7 Å². The van der Waals surface area contributed by atoms with Crippen molar-refractivity contribution in [3.05, 3.63) is 68.7 Å². The minimum atomic E-state index is -1.21. The number of likely N-dealkylation sites (tertiary alicyclic amines) is 1. The number of esters is 1. The molecule has 1 atom stereocenters.